The average molecular weight is 387 g/mol. The van der Waals surface area contributed by atoms with E-state index < -0.39 is 0 Å². The molecular formula is C15H11BrN6O2. The number of aromatic nitrogens is 5. The van der Waals surface area contributed by atoms with Crippen LogP contribution in [0.1, 0.15) is 0 Å². The van der Waals surface area contributed by atoms with E-state index in [-0.39, 0.29) is 5.95 Å². The van der Waals surface area contributed by atoms with E-state index >= 15 is 0 Å². The van der Waals surface area contributed by atoms with Crippen LogP contribution >= 0.6 is 15.9 Å². The van der Waals surface area contributed by atoms with E-state index in [1.807, 2.05) is 12.1 Å². The molecule has 0 aliphatic rings. The standard InChI is InChI=1S/C15H11BrN6O2/c1-23-8-4-5-10-9(7-8)20-21-22(10)14-12(16)13(18-15(17)19-14)11-3-2-6-24-11/h2-7H,1H3,(H2,17,18,19). The molecule has 0 fully saturated rings. The molecule has 4 aromatic rings. The van der Waals surface area contributed by atoms with Crippen molar-refractivity contribution in [1.82, 2.24) is 25.0 Å². The first kappa shape index (κ1) is 14.6. The predicted molar refractivity (Wildman–Crippen MR) is 90.8 cm³/mol. The smallest absolute Gasteiger partial charge is 0.222 e. The molecule has 2 N–H and O–H groups in total. The number of benzene rings is 1. The summed E-state index contributed by atoms with van der Waals surface area (Å²) in [7, 11) is 1.60. The van der Waals surface area contributed by atoms with Crippen molar-refractivity contribution in [2.24, 2.45) is 0 Å². The zero-order valence-electron chi connectivity index (χ0n) is 12.5. The summed E-state index contributed by atoms with van der Waals surface area (Å²) in [6.45, 7) is 0. The van der Waals surface area contributed by atoms with Gasteiger partial charge in [-0.3, -0.25) is 0 Å². The lowest BCUT2D eigenvalue weighted by Crippen LogP contribution is -2.07. The number of hydrogen-bond donors (Lipinski definition) is 1. The highest BCUT2D eigenvalue weighted by atomic mass is 79.9. The van der Waals surface area contributed by atoms with Gasteiger partial charge in [0.1, 0.15) is 17.0 Å². The minimum Gasteiger partial charge on any atom is -0.497 e. The summed E-state index contributed by atoms with van der Waals surface area (Å²) in [5.41, 5.74) is 7.85. The lowest BCUT2D eigenvalue weighted by molar-refractivity contribution is 0.415. The molecule has 0 atom stereocenters. The number of fused-ring (bicyclic) bond motifs is 1. The summed E-state index contributed by atoms with van der Waals surface area (Å²) in [6.07, 6.45) is 1.57. The summed E-state index contributed by atoms with van der Waals surface area (Å²) in [5.74, 6) is 1.86. The maximum Gasteiger partial charge on any atom is 0.222 e. The molecule has 0 bridgehead atoms. The third-order valence-corrected chi connectivity index (χ3v) is 4.19. The number of methoxy groups -OCH3 is 1. The van der Waals surface area contributed by atoms with Gasteiger partial charge in [0.15, 0.2) is 11.6 Å². The molecular weight excluding hydrogens is 376 g/mol. The third-order valence-electron chi connectivity index (χ3n) is 3.46. The maximum atomic E-state index is 5.86. The molecule has 0 radical (unpaired) electrons. The zero-order valence-corrected chi connectivity index (χ0v) is 14.1. The molecule has 8 nitrogen and oxygen atoms in total. The summed E-state index contributed by atoms with van der Waals surface area (Å²) < 4.78 is 12.8. The Morgan fingerprint density at radius 3 is 2.88 bits per heavy atom. The zero-order chi connectivity index (χ0) is 16.7. The van der Waals surface area contributed by atoms with Gasteiger partial charge >= 0.3 is 0 Å². The van der Waals surface area contributed by atoms with Crippen LogP contribution in [-0.2, 0) is 0 Å². The van der Waals surface area contributed by atoms with Gasteiger partial charge in [-0.1, -0.05) is 5.21 Å². The monoisotopic (exact) mass is 386 g/mol. The van der Waals surface area contributed by atoms with E-state index in [4.69, 9.17) is 14.9 Å². The minimum atomic E-state index is 0.108. The van der Waals surface area contributed by atoms with Crippen molar-refractivity contribution in [2.75, 3.05) is 12.8 Å². The summed E-state index contributed by atoms with van der Waals surface area (Å²) in [4.78, 5) is 8.52. The lowest BCUT2D eigenvalue weighted by Gasteiger charge is -2.08. The fraction of sp³-hybridized carbons (Fsp3) is 0.0667. The van der Waals surface area contributed by atoms with Crippen LogP contribution in [0.25, 0.3) is 28.3 Å². The van der Waals surface area contributed by atoms with Crippen molar-refractivity contribution in [3.63, 3.8) is 0 Å². The molecule has 0 spiro atoms. The number of nitrogen functional groups attached to an aromatic ring is 1. The molecule has 3 aromatic heterocycles. The number of nitrogens with zero attached hydrogens (tertiary/aromatic N) is 5. The number of anilines is 1. The summed E-state index contributed by atoms with van der Waals surface area (Å²) in [6, 6.07) is 9.04. The predicted octanol–water partition coefficient (Wildman–Crippen LogP) is 2.82. The Bertz CT molecular complexity index is 1030. The van der Waals surface area contributed by atoms with Crippen LogP contribution < -0.4 is 10.5 Å². The van der Waals surface area contributed by atoms with Crippen molar-refractivity contribution in [1.29, 1.82) is 0 Å². The minimum absolute atomic E-state index is 0.108. The lowest BCUT2D eigenvalue weighted by atomic mass is 10.3. The van der Waals surface area contributed by atoms with Crippen LogP contribution in [0.2, 0.25) is 0 Å². The molecule has 0 unspecified atom stereocenters. The van der Waals surface area contributed by atoms with Gasteiger partial charge in [-0.05, 0) is 40.2 Å². The first-order valence-corrected chi connectivity index (χ1v) is 7.73. The Morgan fingerprint density at radius 1 is 1.25 bits per heavy atom. The van der Waals surface area contributed by atoms with Crippen LogP contribution in [-0.4, -0.2) is 32.1 Å². The van der Waals surface area contributed by atoms with Gasteiger partial charge in [0, 0.05) is 6.07 Å². The second-order valence-corrected chi connectivity index (χ2v) is 5.69. The number of nitrogens with two attached hydrogens (primary N) is 1. The number of furan rings is 1. The molecule has 3 heterocycles. The molecule has 0 saturated carbocycles. The van der Waals surface area contributed by atoms with Gasteiger partial charge in [-0.25, -0.2) is 4.98 Å². The number of ether oxygens (including phenoxy) is 1. The fourth-order valence-corrected chi connectivity index (χ4v) is 2.90. The molecule has 9 heteroatoms. The Kier molecular flexibility index (Phi) is 3.42. The highest BCUT2D eigenvalue weighted by molar-refractivity contribution is 9.10. The number of hydrogen-bond acceptors (Lipinski definition) is 7. The van der Waals surface area contributed by atoms with Crippen LogP contribution in [0.3, 0.4) is 0 Å². The normalized spacial score (nSPS) is 11.1. The SMILES string of the molecule is COc1ccc2c(c1)nnn2-c1nc(N)nc(-c2ccco2)c1Br. The maximum absolute atomic E-state index is 5.86. The Labute approximate surface area is 144 Å². The van der Waals surface area contributed by atoms with Crippen molar-refractivity contribution in [3.05, 3.63) is 41.1 Å². The average Bonchev–Trinajstić information content (AvgIpc) is 3.25. The first-order chi connectivity index (χ1) is 11.7. The highest BCUT2D eigenvalue weighted by Crippen LogP contribution is 2.32. The second-order valence-electron chi connectivity index (χ2n) is 4.90. The largest absolute Gasteiger partial charge is 0.497 e. The van der Waals surface area contributed by atoms with Gasteiger partial charge in [0.05, 0.1) is 23.4 Å². The van der Waals surface area contributed by atoms with Gasteiger partial charge < -0.3 is 14.9 Å². The quantitative estimate of drug-likeness (QED) is 0.576. The van der Waals surface area contributed by atoms with Crippen LogP contribution in [0.15, 0.2) is 45.5 Å². The molecule has 4 rings (SSSR count). The van der Waals surface area contributed by atoms with E-state index in [0.717, 1.165) is 5.52 Å². The molecule has 24 heavy (non-hydrogen) atoms. The Hall–Kier alpha value is -2.94. The van der Waals surface area contributed by atoms with Gasteiger partial charge in [0.2, 0.25) is 5.95 Å². The summed E-state index contributed by atoms with van der Waals surface area (Å²) in [5, 5.41) is 8.32. The first-order valence-electron chi connectivity index (χ1n) is 6.94. The van der Waals surface area contributed by atoms with E-state index in [1.54, 1.807) is 36.3 Å². The van der Waals surface area contributed by atoms with Crippen LogP contribution in [0.4, 0.5) is 5.95 Å². The van der Waals surface area contributed by atoms with E-state index in [9.17, 15) is 0 Å². The van der Waals surface area contributed by atoms with Crippen molar-refractivity contribution >= 4 is 32.9 Å². The van der Waals surface area contributed by atoms with Gasteiger partial charge in [0.25, 0.3) is 0 Å². The van der Waals surface area contributed by atoms with Crippen LogP contribution in [0.5, 0.6) is 5.75 Å². The number of halogens is 1. The Morgan fingerprint density at radius 2 is 2.12 bits per heavy atom. The van der Waals surface area contributed by atoms with E-state index in [1.165, 1.54) is 0 Å². The molecule has 1 aromatic carbocycles. The second kappa shape index (κ2) is 5.60. The highest BCUT2D eigenvalue weighted by Gasteiger charge is 2.19. The fourth-order valence-electron chi connectivity index (χ4n) is 2.36. The molecule has 0 aliphatic heterocycles. The molecule has 0 amide bonds. The topological polar surface area (TPSA) is 105 Å². The van der Waals surface area contributed by atoms with Crippen molar-refractivity contribution < 1.29 is 9.15 Å². The summed E-state index contributed by atoms with van der Waals surface area (Å²) >= 11 is 3.52. The third kappa shape index (κ3) is 2.29. The number of rotatable bonds is 3. The Balaban J connectivity index is 1.94. The van der Waals surface area contributed by atoms with Crippen molar-refractivity contribution in [2.45, 2.75) is 0 Å². The van der Waals surface area contributed by atoms with Gasteiger partial charge in [-0.15, -0.1) is 5.10 Å². The van der Waals surface area contributed by atoms with E-state index in [2.05, 4.69) is 36.2 Å². The molecule has 0 saturated heterocycles. The molecule has 0 aliphatic carbocycles. The van der Waals surface area contributed by atoms with Crippen LogP contribution in [0, 0.1) is 0 Å². The van der Waals surface area contributed by atoms with E-state index in [0.29, 0.717) is 33.0 Å². The van der Waals surface area contributed by atoms with Crippen molar-refractivity contribution in [3.8, 4) is 23.0 Å². The van der Waals surface area contributed by atoms with Gasteiger partial charge in [-0.2, -0.15) is 9.67 Å². The molecule has 120 valence electrons.